The molecule has 1 fully saturated rings. The summed E-state index contributed by atoms with van der Waals surface area (Å²) < 4.78 is 35.3. The van der Waals surface area contributed by atoms with Crippen molar-refractivity contribution in [3.63, 3.8) is 0 Å². The molecule has 0 unspecified atom stereocenters. The highest BCUT2D eigenvalue weighted by molar-refractivity contribution is 5.51. The Morgan fingerprint density at radius 2 is 1.06 bits per heavy atom. The van der Waals surface area contributed by atoms with Crippen molar-refractivity contribution in [2.45, 2.75) is 49.8 Å². The lowest BCUT2D eigenvalue weighted by Gasteiger charge is -2.41. The number of aliphatic hydroxyl groups is 1. The Morgan fingerprint density at radius 1 is 0.560 bits per heavy atom. The second-order valence-corrected chi connectivity index (χ2v) is 13.0. The third-order valence-corrected chi connectivity index (χ3v) is 10.4. The van der Waals surface area contributed by atoms with Crippen LogP contribution in [0.1, 0.15) is 65.9 Å². The molecule has 0 saturated carbocycles. The summed E-state index contributed by atoms with van der Waals surface area (Å²) in [5.74, 6) is 1.11. The molecule has 7 rings (SSSR count). The van der Waals surface area contributed by atoms with Gasteiger partial charge in [0.2, 0.25) is 0 Å². The Labute approximate surface area is 289 Å². The average molecular weight is 685 g/mol. The lowest BCUT2D eigenvalue weighted by Crippen LogP contribution is -2.39. The fraction of sp³-hybridized carbons (Fsp3) is 0.333. The van der Waals surface area contributed by atoms with Gasteiger partial charge in [-0.1, -0.05) is 24.3 Å². The molecule has 0 amide bonds. The van der Waals surface area contributed by atoms with Gasteiger partial charge in [0.05, 0.1) is 40.6 Å². The van der Waals surface area contributed by atoms with Gasteiger partial charge in [-0.15, -0.1) is 0 Å². The average Bonchev–Trinajstić information content (AvgIpc) is 3.63. The maximum Gasteiger partial charge on any atom is 0.160 e. The fourth-order valence-corrected chi connectivity index (χ4v) is 7.92. The molecule has 0 aromatic heterocycles. The van der Waals surface area contributed by atoms with Crippen LogP contribution in [-0.2, 0) is 9.47 Å². The largest absolute Gasteiger partial charge is 0.504 e. The second kappa shape index (κ2) is 13.0. The normalized spacial score (nSPS) is 25.8. The van der Waals surface area contributed by atoms with Crippen molar-refractivity contribution in [2.24, 2.45) is 5.41 Å². The van der Waals surface area contributed by atoms with E-state index in [1.54, 1.807) is 54.6 Å². The van der Waals surface area contributed by atoms with Crippen LogP contribution in [0, 0.1) is 5.41 Å². The molecular formula is C39H40O11. The zero-order valence-electron chi connectivity index (χ0n) is 28.1. The minimum Gasteiger partial charge on any atom is -0.504 e. The van der Waals surface area contributed by atoms with Crippen molar-refractivity contribution < 1.29 is 54.0 Å². The van der Waals surface area contributed by atoms with E-state index in [9.17, 15) is 25.5 Å². The van der Waals surface area contributed by atoms with Gasteiger partial charge in [0.1, 0.15) is 18.3 Å². The van der Waals surface area contributed by atoms with E-state index in [1.807, 2.05) is 12.1 Å². The van der Waals surface area contributed by atoms with Crippen LogP contribution in [-0.4, -0.2) is 60.1 Å². The Kier molecular flexibility index (Phi) is 8.67. The van der Waals surface area contributed by atoms with Gasteiger partial charge >= 0.3 is 0 Å². The SMILES string of the molecule is COc1ccc([C@@H]2O[C@H](c3ccc(O)c(OC)c3)[C@H](O)[C@]23CCC2=C(C3)[C@@H](c3ccc(O)c(OC)c3)O[C@H]2c2ccc(O)c(OC)c2)cc1O. The summed E-state index contributed by atoms with van der Waals surface area (Å²) in [5, 5.41) is 54.4. The summed E-state index contributed by atoms with van der Waals surface area (Å²) in [6, 6.07) is 20.3. The highest BCUT2D eigenvalue weighted by atomic mass is 16.5. The first-order valence-corrected chi connectivity index (χ1v) is 16.3. The molecule has 11 heteroatoms. The van der Waals surface area contributed by atoms with Crippen LogP contribution >= 0.6 is 0 Å². The van der Waals surface area contributed by atoms with E-state index < -0.39 is 35.9 Å². The molecule has 6 atom stereocenters. The number of hydrogen-bond acceptors (Lipinski definition) is 11. The molecule has 1 spiro atoms. The quantitative estimate of drug-likeness (QED) is 0.126. The van der Waals surface area contributed by atoms with Gasteiger partial charge in [0.15, 0.2) is 46.0 Å². The second-order valence-electron chi connectivity index (χ2n) is 13.0. The number of aromatic hydroxyl groups is 4. The summed E-state index contributed by atoms with van der Waals surface area (Å²) in [6.07, 6.45) is -2.14. The Bertz CT molecular complexity index is 1950. The van der Waals surface area contributed by atoms with Crippen LogP contribution in [0.3, 0.4) is 0 Å². The third kappa shape index (κ3) is 5.42. The Hall–Kier alpha value is -5.10. The summed E-state index contributed by atoms with van der Waals surface area (Å²) in [7, 11) is 5.92. The highest BCUT2D eigenvalue weighted by Gasteiger charge is 2.60. The maximum absolute atomic E-state index is 12.5. The van der Waals surface area contributed by atoms with Crippen molar-refractivity contribution in [3.8, 4) is 46.0 Å². The smallest absolute Gasteiger partial charge is 0.160 e. The van der Waals surface area contributed by atoms with Crippen LogP contribution in [0.25, 0.3) is 0 Å². The molecule has 0 bridgehead atoms. The first-order valence-electron chi connectivity index (χ1n) is 16.3. The monoisotopic (exact) mass is 684 g/mol. The summed E-state index contributed by atoms with van der Waals surface area (Å²) in [4.78, 5) is 0. The molecule has 4 aromatic carbocycles. The standard InChI is InChI=1S/C39H40O11/c1-45-30-12-8-23(15-29(30)43)38-39(37(44)36(50-38)22-7-11-28(42)33(18-22)48-4)14-13-24-25(19-39)35(21-6-10-27(41)32(17-21)47-3)49-34(24)20-5-9-26(40)31(16-20)46-2/h5-12,15-18,34-38,40-44H,13-14,19H2,1-4H3/t34-,35+,36+,37-,38-,39+/m0/s1. The Morgan fingerprint density at radius 3 is 1.60 bits per heavy atom. The topological polar surface area (TPSA) is 157 Å². The van der Waals surface area contributed by atoms with Crippen LogP contribution in [0.15, 0.2) is 83.9 Å². The molecule has 2 aliphatic heterocycles. The van der Waals surface area contributed by atoms with E-state index in [2.05, 4.69) is 0 Å². The van der Waals surface area contributed by atoms with E-state index >= 15 is 0 Å². The van der Waals surface area contributed by atoms with Gasteiger partial charge in [-0.2, -0.15) is 0 Å². The number of ether oxygens (including phenoxy) is 6. The minimum absolute atomic E-state index is 0.00505. The number of benzene rings is 4. The molecule has 1 saturated heterocycles. The van der Waals surface area contributed by atoms with Crippen molar-refractivity contribution in [2.75, 3.05) is 28.4 Å². The summed E-state index contributed by atoms with van der Waals surface area (Å²) in [5.41, 5.74) is 3.95. The molecule has 3 aliphatic rings. The first kappa shape index (κ1) is 33.4. The summed E-state index contributed by atoms with van der Waals surface area (Å²) in [6.45, 7) is 0. The maximum atomic E-state index is 12.5. The number of aliphatic hydroxyl groups excluding tert-OH is 1. The predicted octanol–water partition coefficient (Wildman–Crippen LogP) is 6.70. The van der Waals surface area contributed by atoms with Crippen LogP contribution in [0.4, 0.5) is 0 Å². The van der Waals surface area contributed by atoms with E-state index in [0.717, 1.165) is 22.3 Å². The molecule has 1 aliphatic carbocycles. The number of rotatable bonds is 8. The zero-order valence-corrected chi connectivity index (χ0v) is 28.1. The third-order valence-electron chi connectivity index (χ3n) is 10.4. The lowest BCUT2D eigenvalue weighted by molar-refractivity contribution is 0.00305. The molecular weight excluding hydrogens is 644 g/mol. The Balaban J connectivity index is 1.37. The molecule has 4 aromatic rings. The molecule has 0 radical (unpaired) electrons. The van der Waals surface area contributed by atoms with Gasteiger partial charge < -0.3 is 54.0 Å². The van der Waals surface area contributed by atoms with Gasteiger partial charge in [0.25, 0.3) is 0 Å². The number of phenolic OH excluding ortho intramolecular Hbond substituents is 4. The first-order chi connectivity index (χ1) is 24.1. The molecule has 50 heavy (non-hydrogen) atoms. The number of phenols is 4. The van der Waals surface area contributed by atoms with E-state index in [4.69, 9.17) is 28.4 Å². The van der Waals surface area contributed by atoms with Gasteiger partial charge in [-0.05, 0) is 101 Å². The van der Waals surface area contributed by atoms with Gasteiger partial charge in [-0.3, -0.25) is 0 Å². The van der Waals surface area contributed by atoms with Crippen LogP contribution in [0.2, 0.25) is 0 Å². The van der Waals surface area contributed by atoms with Crippen molar-refractivity contribution in [1.29, 1.82) is 0 Å². The van der Waals surface area contributed by atoms with Crippen LogP contribution < -0.4 is 18.9 Å². The molecule has 262 valence electrons. The molecule has 11 nitrogen and oxygen atoms in total. The zero-order chi connectivity index (χ0) is 35.3. The van der Waals surface area contributed by atoms with Gasteiger partial charge in [-0.25, -0.2) is 0 Å². The highest BCUT2D eigenvalue weighted by Crippen LogP contribution is 2.65. The van der Waals surface area contributed by atoms with E-state index in [1.165, 1.54) is 34.5 Å². The van der Waals surface area contributed by atoms with Crippen molar-refractivity contribution in [3.05, 3.63) is 106 Å². The predicted molar refractivity (Wildman–Crippen MR) is 181 cm³/mol. The summed E-state index contributed by atoms with van der Waals surface area (Å²) >= 11 is 0. The van der Waals surface area contributed by atoms with Gasteiger partial charge in [0, 0.05) is 5.41 Å². The van der Waals surface area contributed by atoms with Crippen molar-refractivity contribution >= 4 is 0 Å². The lowest BCUT2D eigenvalue weighted by atomic mass is 9.62. The molecule has 5 N–H and O–H groups in total. The number of hydrogen-bond donors (Lipinski definition) is 5. The molecule has 2 heterocycles. The van der Waals surface area contributed by atoms with E-state index in [-0.39, 0.29) is 28.7 Å². The van der Waals surface area contributed by atoms with Crippen LogP contribution in [0.5, 0.6) is 46.0 Å². The fourth-order valence-electron chi connectivity index (χ4n) is 7.92. The van der Waals surface area contributed by atoms with Crippen molar-refractivity contribution in [1.82, 2.24) is 0 Å². The minimum atomic E-state index is -1.03. The number of methoxy groups -OCH3 is 4. The van der Waals surface area contributed by atoms with E-state index in [0.29, 0.717) is 47.6 Å².